The molecule has 4 nitrogen and oxygen atoms in total. The average molecular weight is 392 g/mol. The minimum atomic E-state index is 0.528. The maximum absolute atomic E-state index is 5.43. The molecular formula is C25H33N3O. The highest BCUT2D eigenvalue weighted by Crippen LogP contribution is 2.32. The van der Waals surface area contributed by atoms with Gasteiger partial charge in [-0.2, -0.15) is 0 Å². The minimum Gasteiger partial charge on any atom is -0.478 e. The average Bonchev–Trinajstić information content (AvgIpc) is 3.15. The second kappa shape index (κ2) is 10.6. The van der Waals surface area contributed by atoms with Gasteiger partial charge >= 0.3 is 0 Å². The molecule has 29 heavy (non-hydrogen) atoms. The van der Waals surface area contributed by atoms with E-state index in [1.54, 1.807) is 13.3 Å². The van der Waals surface area contributed by atoms with Gasteiger partial charge in [-0.25, -0.2) is 9.97 Å². The van der Waals surface area contributed by atoms with Crippen molar-refractivity contribution in [3.05, 3.63) is 66.1 Å². The van der Waals surface area contributed by atoms with Gasteiger partial charge in [0.1, 0.15) is 0 Å². The number of ether oxygens (including phenoxy) is 1. The molecule has 0 spiro atoms. The number of fused-ring (bicyclic) bond motifs is 1. The van der Waals surface area contributed by atoms with Crippen molar-refractivity contribution >= 4 is 11.2 Å². The van der Waals surface area contributed by atoms with E-state index < -0.39 is 0 Å². The first-order chi connectivity index (χ1) is 14.1. The van der Waals surface area contributed by atoms with Crippen LogP contribution in [-0.2, 0) is 0 Å². The van der Waals surface area contributed by atoms with Gasteiger partial charge in [-0.3, -0.25) is 4.40 Å². The zero-order valence-electron chi connectivity index (χ0n) is 18.7. The third kappa shape index (κ3) is 4.94. The van der Waals surface area contributed by atoms with Crippen LogP contribution in [0.1, 0.15) is 53.7 Å². The molecule has 3 aromatic rings. The van der Waals surface area contributed by atoms with E-state index in [2.05, 4.69) is 61.4 Å². The van der Waals surface area contributed by atoms with Crippen molar-refractivity contribution in [1.29, 1.82) is 0 Å². The van der Waals surface area contributed by atoms with Crippen molar-refractivity contribution in [2.75, 3.05) is 7.11 Å². The Kier molecular flexibility index (Phi) is 8.20. The van der Waals surface area contributed by atoms with Crippen LogP contribution in [-0.4, -0.2) is 21.5 Å². The lowest BCUT2D eigenvalue weighted by molar-refractivity contribution is 0.400. The van der Waals surface area contributed by atoms with Gasteiger partial charge in [0.05, 0.1) is 18.5 Å². The molecule has 2 aromatic heterocycles. The number of aromatic nitrogens is 3. The van der Waals surface area contributed by atoms with Crippen LogP contribution in [0.15, 0.2) is 60.5 Å². The largest absolute Gasteiger partial charge is 0.478 e. The Hall–Kier alpha value is -2.88. The summed E-state index contributed by atoms with van der Waals surface area (Å²) in [7, 11) is 1.63. The fraction of sp³-hybridized carbons (Fsp3) is 0.360. The molecule has 0 bridgehead atoms. The monoisotopic (exact) mass is 391 g/mol. The Morgan fingerprint density at radius 2 is 1.83 bits per heavy atom. The van der Waals surface area contributed by atoms with E-state index in [1.165, 1.54) is 5.57 Å². The van der Waals surface area contributed by atoms with E-state index in [9.17, 15) is 0 Å². The molecule has 2 heterocycles. The number of benzene rings is 1. The number of hydrogen-bond acceptors (Lipinski definition) is 3. The summed E-state index contributed by atoms with van der Waals surface area (Å²) in [5.41, 5.74) is 6.39. The molecule has 0 N–H and O–H groups in total. The van der Waals surface area contributed by atoms with E-state index in [0.717, 1.165) is 34.6 Å². The maximum atomic E-state index is 5.43. The minimum absolute atomic E-state index is 0.528. The molecule has 0 saturated heterocycles. The number of imidazole rings is 1. The van der Waals surface area contributed by atoms with Crippen LogP contribution >= 0.6 is 0 Å². The van der Waals surface area contributed by atoms with Gasteiger partial charge in [-0.1, -0.05) is 82.7 Å². The summed E-state index contributed by atoms with van der Waals surface area (Å²) in [6, 6.07) is 10.3. The molecule has 0 aliphatic carbocycles. The van der Waals surface area contributed by atoms with Crippen LogP contribution in [0, 0.1) is 5.92 Å². The van der Waals surface area contributed by atoms with Gasteiger partial charge < -0.3 is 4.74 Å². The number of nitrogens with zero attached hydrogens (tertiary/aromatic N) is 3. The molecule has 0 aliphatic rings. The van der Waals surface area contributed by atoms with Crippen LogP contribution in [0.4, 0.5) is 0 Å². The molecule has 0 saturated carbocycles. The fourth-order valence-electron chi connectivity index (χ4n) is 3.27. The molecule has 154 valence electrons. The molecule has 0 amide bonds. The van der Waals surface area contributed by atoms with Crippen molar-refractivity contribution in [3.8, 4) is 17.1 Å². The smallest absolute Gasteiger partial charge is 0.258 e. The Morgan fingerprint density at radius 1 is 1.14 bits per heavy atom. The van der Waals surface area contributed by atoms with Crippen molar-refractivity contribution < 1.29 is 4.74 Å². The maximum Gasteiger partial charge on any atom is 0.258 e. The lowest BCUT2D eigenvalue weighted by atomic mass is 9.99. The Morgan fingerprint density at radius 3 is 2.41 bits per heavy atom. The summed E-state index contributed by atoms with van der Waals surface area (Å²) in [5.74, 6) is 1.07. The molecule has 0 atom stereocenters. The van der Waals surface area contributed by atoms with Crippen LogP contribution in [0.25, 0.3) is 22.5 Å². The van der Waals surface area contributed by atoms with Gasteiger partial charge in [0.2, 0.25) is 5.65 Å². The molecule has 1 aromatic carbocycles. The van der Waals surface area contributed by atoms with Crippen molar-refractivity contribution in [1.82, 2.24) is 14.4 Å². The molecule has 3 rings (SSSR count). The molecule has 0 radical (unpaired) electrons. The Balaban J connectivity index is 0.00000145. The van der Waals surface area contributed by atoms with Gasteiger partial charge in [-0.05, 0) is 24.8 Å². The van der Waals surface area contributed by atoms with Crippen molar-refractivity contribution in [3.63, 3.8) is 0 Å². The molecular weight excluding hydrogens is 358 g/mol. The predicted octanol–water partition coefficient (Wildman–Crippen LogP) is 6.83. The second-order valence-corrected chi connectivity index (χ2v) is 6.90. The van der Waals surface area contributed by atoms with Crippen LogP contribution in [0.2, 0.25) is 0 Å². The van der Waals surface area contributed by atoms with Crippen molar-refractivity contribution in [2.45, 2.75) is 48.0 Å². The van der Waals surface area contributed by atoms with E-state index in [4.69, 9.17) is 9.72 Å². The number of allylic oxidation sites excluding steroid dienone is 4. The summed E-state index contributed by atoms with van der Waals surface area (Å²) in [6.07, 6.45) is 9.14. The summed E-state index contributed by atoms with van der Waals surface area (Å²) in [4.78, 5) is 9.19. The summed E-state index contributed by atoms with van der Waals surface area (Å²) in [5, 5.41) is 0. The fourth-order valence-corrected chi connectivity index (χ4v) is 3.27. The lowest BCUT2D eigenvalue weighted by Crippen LogP contribution is -1.94. The molecule has 0 fully saturated rings. The van der Waals surface area contributed by atoms with Gasteiger partial charge in [0.15, 0.2) is 0 Å². The number of rotatable bonds is 6. The Labute approximate surface area is 175 Å². The van der Waals surface area contributed by atoms with Crippen molar-refractivity contribution in [2.24, 2.45) is 5.92 Å². The SMILES string of the molecule is CC.CC/C(=C\C=C(/C)c1nc2c(OC)nccn2c1-c1ccccc1)C(C)C. The van der Waals surface area contributed by atoms with E-state index >= 15 is 0 Å². The lowest BCUT2D eigenvalue weighted by Gasteiger charge is -2.08. The third-order valence-electron chi connectivity index (χ3n) is 4.82. The van der Waals surface area contributed by atoms with E-state index in [-0.39, 0.29) is 0 Å². The van der Waals surface area contributed by atoms with Gasteiger partial charge in [0, 0.05) is 18.0 Å². The quantitative estimate of drug-likeness (QED) is 0.432. The first kappa shape index (κ1) is 22.4. The Bertz CT molecular complexity index is 982. The highest BCUT2D eigenvalue weighted by atomic mass is 16.5. The van der Waals surface area contributed by atoms with Crippen LogP contribution in [0.5, 0.6) is 5.88 Å². The standard InChI is InChI=1S/C23H27N3O.C2H6/c1-6-18(16(2)3)13-12-17(4)20-21(19-10-8-7-9-11-19)26-15-14-24-23(27-5)22(26)25-20;1-2/h7-16H,6H2,1-5H3;1-2H3/b17-12+,18-13+;. The second-order valence-electron chi connectivity index (χ2n) is 6.90. The zero-order chi connectivity index (χ0) is 21.4. The van der Waals surface area contributed by atoms with Gasteiger partial charge in [-0.15, -0.1) is 0 Å². The van der Waals surface area contributed by atoms with E-state index in [1.807, 2.05) is 38.2 Å². The highest BCUT2D eigenvalue weighted by Gasteiger charge is 2.18. The summed E-state index contributed by atoms with van der Waals surface area (Å²) in [6.45, 7) is 12.8. The number of hydrogen-bond donors (Lipinski definition) is 0. The highest BCUT2D eigenvalue weighted by molar-refractivity contribution is 5.81. The zero-order valence-corrected chi connectivity index (χ0v) is 18.7. The summed E-state index contributed by atoms with van der Waals surface area (Å²) < 4.78 is 7.49. The van der Waals surface area contributed by atoms with Crippen LogP contribution < -0.4 is 4.74 Å². The predicted molar refractivity (Wildman–Crippen MR) is 123 cm³/mol. The summed E-state index contributed by atoms with van der Waals surface area (Å²) >= 11 is 0. The first-order valence-corrected chi connectivity index (χ1v) is 10.4. The van der Waals surface area contributed by atoms with Crippen LogP contribution in [0.3, 0.4) is 0 Å². The molecule has 0 unspecified atom stereocenters. The molecule has 0 aliphatic heterocycles. The normalized spacial score (nSPS) is 12.1. The topological polar surface area (TPSA) is 39.4 Å². The first-order valence-electron chi connectivity index (χ1n) is 10.4. The third-order valence-corrected chi connectivity index (χ3v) is 4.82. The van der Waals surface area contributed by atoms with Gasteiger partial charge in [0.25, 0.3) is 5.88 Å². The van der Waals surface area contributed by atoms with E-state index in [0.29, 0.717) is 11.8 Å². The molecule has 4 heteroatoms. The number of methoxy groups -OCH3 is 1.